The first-order chi connectivity index (χ1) is 10.6. The summed E-state index contributed by atoms with van der Waals surface area (Å²) in [4.78, 5) is 22.7. The molecule has 1 saturated heterocycles. The molecule has 2 rings (SSSR count). The van der Waals surface area contributed by atoms with Gasteiger partial charge in [-0.3, -0.25) is 9.59 Å². The highest BCUT2D eigenvalue weighted by Gasteiger charge is 2.14. The number of nitrogens with one attached hydrogen (secondary N) is 2. The lowest BCUT2D eigenvalue weighted by Crippen LogP contribution is -2.28. The molecule has 0 aromatic heterocycles. The van der Waals surface area contributed by atoms with Crippen LogP contribution in [0, 0.1) is 5.92 Å². The number of primary amides is 1. The maximum absolute atomic E-state index is 12.0. The molecule has 0 radical (unpaired) electrons. The molecule has 6 nitrogen and oxygen atoms in total. The molecule has 1 aliphatic heterocycles. The average molecular weight is 305 g/mol. The minimum absolute atomic E-state index is 0.00517. The van der Waals surface area contributed by atoms with Gasteiger partial charge in [-0.25, -0.2) is 0 Å². The number of carbonyl (C=O) groups excluding carboxylic acids is 2. The van der Waals surface area contributed by atoms with Gasteiger partial charge in [0.2, 0.25) is 5.91 Å². The lowest BCUT2D eigenvalue weighted by atomic mass is 9.93. The maximum Gasteiger partial charge on any atom is 0.255 e. The summed E-state index contributed by atoms with van der Waals surface area (Å²) in [5.74, 6) is 0.620. The van der Waals surface area contributed by atoms with E-state index in [0.29, 0.717) is 23.8 Å². The number of ether oxygens (including phenoxy) is 1. The molecule has 0 spiro atoms. The van der Waals surface area contributed by atoms with Crippen LogP contribution >= 0.6 is 0 Å². The molecule has 6 heteroatoms. The zero-order valence-electron chi connectivity index (χ0n) is 12.6. The molecule has 22 heavy (non-hydrogen) atoms. The van der Waals surface area contributed by atoms with Crippen LogP contribution < -0.4 is 21.1 Å². The topological polar surface area (TPSA) is 93.5 Å². The standard InChI is InChI=1S/C16H23N3O3/c17-15(20)11-22-14-3-1-2-13(10-14)19-16(21)5-4-12-6-8-18-9-7-12/h1-3,10,12,18H,4-9,11H2,(H2,17,20)(H,19,21). The van der Waals surface area contributed by atoms with E-state index >= 15 is 0 Å². The number of hydrogen-bond acceptors (Lipinski definition) is 4. The predicted octanol–water partition coefficient (Wildman–Crippen LogP) is 1.27. The number of piperidine rings is 1. The van der Waals surface area contributed by atoms with Crippen LogP contribution in [0.5, 0.6) is 5.75 Å². The normalized spacial score (nSPS) is 15.3. The van der Waals surface area contributed by atoms with Gasteiger partial charge in [0.05, 0.1) is 0 Å². The first kappa shape index (κ1) is 16.3. The summed E-state index contributed by atoms with van der Waals surface area (Å²) in [6, 6.07) is 6.96. The third-order valence-electron chi connectivity index (χ3n) is 3.74. The van der Waals surface area contributed by atoms with Gasteiger partial charge in [0.1, 0.15) is 5.75 Å². The minimum atomic E-state index is -0.531. The first-order valence-electron chi connectivity index (χ1n) is 7.65. The molecule has 0 aliphatic carbocycles. The number of hydrogen-bond donors (Lipinski definition) is 3. The number of nitrogens with two attached hydrogens (primary N) is 1. The van der Waals surface area contributed by atoms with E-state index in [4.69, 9.17) is 10.5 Å². The van der Waals surface area contributed by atoms with Crippen LogP contribution in [0.3, 0.4) is 0 Å². The van der Waals surface area contributed by atoms with E-state index in [1.807, 2.05) is 0 Å². The zero-order valence-corrected chi connectivity index (χ0v) is 12.6. The van der Waals surface area contributed by atoms with Crippen LogP contribution in [0.1, 0.15) is 25.7 Å². The number of rotatable bonds is 7. The number of amides is 2. The maximum atomic E-state index is 12.0. The van der Waals surface area contributed by atoms with E-state index in [1.165, 1.54) is 0 Å². The predicted molar refractivity (Wildman–Crippen MR) is 84.6 cm³/mol. The Hall–Kier alpha value is -2.08. The van der Waals surface area contributed by atoms with Gasteiger partial charge in [-0.15, -0.1) is 0 Å². The van der Waals surface area contributed by atoms with Crippen LogP contribution in [-0.2, 0) is 9.59 Å². The highest BCUT2D eigenvalue weighted by Crippen LogP contribution is 2.20. The van der Waals surface area contributed by atoms with Gasteiger partial charge in [-0.05, 0) is 50.4 Å². The molecular weight excluding hydrogens is 282 g/mol. The Morgan fingerprint density at radius 1 is 1.32 bits per heavy atom. The first-order valence-corrected chi connectivity index (χ1v) is 7.65. The van der Waals surface area contributed by atoms with E-state index < -0.39 is 5.91 Å². The molecule has 1 heterocycles. The van der Waals surface area contributed by atoms with Gasteiger partial charge >= 0.3 is 0 Å². The van der Waals surface area contributed by atoms with Crippen LogP contribution in [0.4, 0.5) is 5.69 Å². The Morgan fingerprint density at radius 3 is 2.82 bits per heavy atom. The zero-order chi connectivity index (χ0) is 15.8. The van der Waals surface area contributed by atoms with Crippen LogP contribution in [0.25, 0.3) is 0 Å². The fourth-order valence-electron chi connectivity index (χ4n) is 2.55. The molecule has 1 fully saturated rings. The molecule has 1 aliphatic rings. The summed E-state index contributed by atoms with van der Waals surface area (Å²) >= 11 is 0. The summed E-state index contributed by atoms with van der Waals surface area (Å²) in [5.41, 5.74) is 5.70. The highest BCUT2D eigenvalue weighted by atomic mass is 16.5. The second-order valence-electron chi connectivity index (χ2n) is 5.56. The van der Waals surface area contributed by atoms with Crippen LogP contribution in [0.15, 0.2) is 24.3 Å². The number of benzene rings is 1. The molecule has 1 aromatic rings. The van der Waals surface area contributed by atoms with Gasteiger partial charge in [0.15, 0.2) is 6.61 Å². The Labute approximate surface area is 130 Å². The van der Waals surface area contributed by atoms with Gasteiger partial charge in [0, 0.05) is 18.2 Å². The molecule has 120 valence electrons. The Kier molecular flexibility index (Phi) is 6.21. The van der Waals surface area contributed by atoms with Gasteiger partial charge < -0.3 is 21.1 Å². The lowest BCUT2D eigenvalue weighted by Gasteiger charge is -2.22. The quantitative estimate of drug-likeness (QED) is 0.707. The molecule has 0 saturated carbocycles. The lowest BCUT2D eigenvalue weighted by molar-refractivity contribution is -0.120. The van der Waals surface area contributed by atoms with Crippen LogP contribution in [-0.4, -0.2) is 31.5 Å². The van der Waals surface area contributed by atoms with Crippen molar-refractivity contribution in [2.24, 2.45) is 11.7 Å². The Bertz CT molecular complexity index is 513. The largest absolute Gasteiger partial charge is 0.484 e. The SMILES string of the molecule is NC(=O)COc1cccc(NC(=O)CCC2CCNCC2)c1. The monoisotopic (exact) mass is 305 g/mol. The van der Waals surface area contributed by atoms with Gasteiger partial charge in [-0.1, -0.05) is 6.07 Å². The molecule has 0 unspecified atom stereocenters. The number of carbonyl (C=O) groups is 2. The van der Waals surface area contributed by atoms with Crippen molar-refractivity contribution >= 4 is 17.5 Å². The molecular formula is C16H23N3O3. The van der Waals surface area contributed by atoms with Crippen molar-refractivity contribution in [1.82, 2.24) is 5.32 Å². The van der Waals surface area contributed by atoms with E-state index in [0.717, 1.165) is 32.4 Å². The summed E-state index contributed by atoms with van der Waals surface area (Å²) in [6.45, 7) is 1.92. The Morgan fingerprint density at radius 2 is 2.09 bits per heavy atom. The molecule has 2 amide bonds. The van der Waals surface area contributed by atoms with Gasteiger partial charge in [-0.2, -0.15) is 0 Å². The number of anilines is 1. The van der Waals surface area contributed by atoms with Gasteiger partial charge in [0.25, 0.3) is 5.91 Å². The van der Waals surface area contributed by atoms with Crippen LogP contribution in [0.2, 0.25) is 0 Å². The second-order valence-corrected chi connectivity index (χ2v) is 5.56. The minimum Gasteiger partial charge on any atom is -0.484 e. The molecule has 0 bridgehead atoms. The van der Waals surface area contributed by atoms with Crippen molar-refractivity contribution in [1.29, 1.82) is 0 Å². The highest BCUT2D eigenvalue weighted by molar-refractivity contribution is 5.90. The molecule has 1 aromatic carbocycles. The van der Waals surface area contributed by atoms with E-state index in [9.17, 15) is 9.59 Å². The molecule has 4 N–H and O–H groups in total. The second kappa shape index (κ2) is 8.38. The van der Waals surface area contributed by atoms with E-state index in [2.05, 4.69) is 10.6 Å². The van der Waals surface area contributed by atoms with Crippen molar-refractivity contribution in [2.45, 2.75) is 25.7 Å². The average Bonchev–Trinajstić information content (AvgIpc) is 2.52. The third kappa shape index (κ3) is 5.73. The summed E-state index contributed by atoms with van der Waals surface area (Å²) in [5, 5.41) is 6.18. The summed E-state index contributed by atoms with van der Waals surface area (Å²) in [7, 11) is 0. The summed E-state index contributed by atoms with van der Waals surface area (Å²) < 4.78 is 5.21. The third-order valence-corrected chi connectivity index (χ3v) is 3.74. The van der Waals surface area contributed by atoms with Crippen molar-refractivity contribution in [3.63, 3.8) is 0 Å². The molecule has 0 atom stereocenters. The van der Waals surface area contributed by atoms with Crippen molar-refractivity contribution < 1.29 is 14.3 Å². The Balaban J connectivity index is 1.77. The van der Waals surface area contributed by atoms with Crippen molar-refractivity contribution in [3.05, 3.63) is 24.3 Å². The fourth-order valence-corrected chi connectivity index (χ4v) is 2.55. The fraction of sp³-hybridized carbons (Fsp3) is 0.500. The van der Waals surface area contributed by atoms with Crippen molar-refractivity contribution in [2.75, 3.05) is 25.0 Å². The summed E-state index contributed by atoms with van der Waals surface area (Å²) in [6.07, 6.45) is 3.73. The smallest absolute Gasteiger partial charge is 0.255 e. The van der Waals surface area contributed by atoms with E-state index in [-0.39, 0.29) is 12.5 Å². The van der Waals surface area contributed by atoms with E-state index in [1.54, 1.807) is 24.3 Å². The van der Waals surface area contributed by atoms with Crippen molar-refractivity contribution in [3.8, 4) is 5.75 Å².